The summed E-state index contributed by atoms with van der Waals surface area (Å²) >= 11 is 0. The molecule has 0 aromatic carbocycles. The molecule has 100 valence electrons. The second-order valence-electron chi connectivity index (χ2n) is 4.12. The summed E-state index contributed by atoms with van der Waals surface area (Å²) in [4.78, 5) is 20.1. The predicted octanol–water partition coefficient (Wildman–Crippen LogP) is 1.61. The van der Waals surface area contributed by atoms with Crippen molar-refractivity contribution in [2.45, 2.75) is 46.2 Å². The Balaban J connectivity index is 2.51. The normalized spacial score (nSPS) is 12.2. The number of carbonyl (C=O) groups excluding carboxylic acids is 1. The summed E-state index contributed by atoms with van der Waals surface area (Å²) in [5, 5.41) is 3.16. The molecule has 18 heavy (non-hydrogen) atoms. The highest BCUT2D eigenvalue weighted by atomic mass is 16.5. The minimum absolute atomic E-state index is 0.195. The van der Waals surface area contributed by atoms with Gasteiger partial charge in [0, 0.05) is 18.9 Å². The van der Waals surface area contributed by atoms with Gasteiger partial charge in [-0.05, 0) is 20.3 Å². The predicted molar refractivity (Wildman–Crippen MR) is 68.9 cm³/mol. The lowest BCUT2D eigenvalue weighted by Gasteiger charge is -2.16. The molecule has 1 aromatic heterocycles. The van der Waals surface area contributed by atoms with Crippen LogP contribution in [0.2, 0.25) is 0 Å². The molecule has 0 aliphatic carbocycles. The molecule has 5 heteroatoms. The average molecular weight is 251 g/mol. The third-order valence-electron chi connectivity index (χ3n) is 2.51. The molecule has 1 atom stereocenters. The average Bonchev–Trinajstić information content (AvgIpc) is 2.36. The molecule has 1 unspecified atom stereocenters. The maximum Gasteiger partial charge on any atom is 0.323 e. The number of nitrogens with zero attached hydrogens (tertiary/aromatic N) is 2. The van der Waals surface area contributed by atoms with Crippen molar-refractivity contribution in [3.05, 3.63) is 23.8 Å². The van der Waals surface area contributed by atoms with Gasteiger partial charge >= 0.3 is 5.97 Å². The first-order valence-electron chi connectivity index (χ1n) is 6.34. The molecule has 5 nitrogen and oxygen atoms in total. The molecule has 0 saturated heterocycles. The van der Waals surface area contributed by atoms with E-state index in [1.807, 2.05) is 20.8 Å². The van der Waals surface area contributed by atoms with Gasteiger partial charge in [0.05, 0.1) is 18.0 Å². The SMILES string of the molecule is CCCC(NCc1cnc(C)cn1)C(=O)OCC. The molecule has 0 saturated carbocycles. The third kappa shape index (κ3) is 4.79. The number of aromatic nitrogens is 2. The Morgan fingerprint density at radius 1 is 1.39 bits per heavy atom. The highest BCUT2D eigenvalue weighted by Crippen LogP contribution is 2.02. The van der Waals surface area contributed by atoms with Gasteiger partial charge in [0.15, 0.2) is 0 Å². The van der Waals surface area contributed by atoms with Crippen molar-refractivity contribution in [2.75, 3.05) is 6.61 Å². The van der Waals surface area contributed by atoms with E-state index in [1.54, 1.807) is 12.4 Å². The quantitative estimate of drug-likeness (QED) is 0.746. The minimum atomic E-state index is -0.266. The van der Waals surface area contributed by atoms with Crippen molar-refractivity contribution in [1.29, 1.82) is 0 Å². The number of nitrogens with one attached hydrogen (secondary N) is 1. The van der Waals surface area contributed by atoms with Crippen molar-refractivity contribution in [3.8, 4) is 0 Å². The van der Waals surface area contributed by atoms with Crippen LogP contribution < -0.4 is 5.32 Å². The van der Waals surface area contributed by atoms with Crippen molar-refractivity contribution >= 4 is 5.97 Å². The first-order chi connectivity index (χ1) is 8.67. The summed E-state index contributed by atoms with van der Waals surface area (Å²) in [6, 6.07) is -0.266. The van der Waals surface area contributed by atoms with Crippen molar-refractivity contribution < 1.29 is 9.53 Å². The topological polar surface area (TPSA) is 64.1 Å². The van der Waals surface area contributed by atoms with E-state index < -0.39 is 0 Å². The van der Waals surface area contributed by atoms with Gasteiger partial charge in [-0.25, -0.2) is 0 Å². The Labute approximate surface area is 108 Å². The zero-order chi connectivity index (χ0) is 13.4. The van der Waals surface area contributed by atoms with Crippen LogP contribution in [-0.4, -0.2) is 28.6 Å². The van der Waals surface area contributed by atoms with Gasteiger partial charge in [0.1, 0.15) is 6.04 Å². The van der Waals surface area contributed by atoms with Gasteiger partial charge in [0.2, 0.25) is 0 Å². The van der Waals surface area contributed by atoms with Gasteiger partial charge in [-0.15, -0.1) is 0 Å². The molecule has 0 radical (unpaired) electrons. The third-order valence-corrected chi connectivity index (χ3v) is 2.51. The Morgan fingerprint density at radius 3 is 2.72 bits per heavy atom. The van der Waals surface area contributed by atoms with Crippen LogP contribution in [0.3, 0.4) is 0 Å². The Hall–Kier alpha value is -1.49. The summed E-state index contributed by atoms with van der Waals surface area (Å²) in [5.74, 6) is -0.195. The lowest BCUT2D eigenvalue weighted by molar-refractivity contribution is -0.145. The highest BCUT2D eigenvalue weighted by molar-refractivity contribution is 5.75. The van der Waals surface area contributed by atoms with Crippen LogP contribution in [0.1, 0.15) is 38.1 Å². The standard InChI is InChI=1S/C13H21N3O2/c1-4-6-12(13(17)18-5-2)16-9-11-8-14-10(3)7-15-11/h7-8,12,16H,4-6,9H2,1-3H3. The smallest absolute Gasteiger partial charge is 0.323 e. The Morgan fingerprint density at radius 2 is 2.17 bits per heavy atom. The molecular weight excluding hydrogens is 230 g/mol. The van der Waals surface area contributed by atoms with E-state index >= 15 is 0 Å². The molecule has 1 aromatic rings. The Bertz CT molecular complexity index is 365. The second-order valence-corrected chi connectivity index (χ2v) is 4.12. The number of hydrogen-bond acceptors (Lipinski definition) is 5. The zero-order valence-corrected chi connectivity index (χ0v) is 11.3. The first kappa shape index (κ1) is 14.6. The molecule has 1 N–H and O–H groups in total. The summed E-state index contributed by atoms with van der Waals surface area (Å²) in [5.41, 5.74) is 1.71. The maximum atomic E-state index is 11.7. The zero-order valence-electron chi connectivity index (χ0n) is 11.3. The van der Waals surface area contributed by atoms with Gasteiger partial charge in [0.25, 0.3) is 0 Å². The number of rotatable bonds is 7. The van der Waals surface area contributed by atoms with Crippen LogP contribution in [0.5, 0.6) is 0 Å². The molecule has 1 heterocycles. The van der Waals surface area contributed by atoms with Gasteiger partial charge in [-0.2, -0.15) is 0 Å². The van der Waals surface area contributed by atoms with Gasteiger partial charge in [-0.1, -0.05) is 13.3 Å². The number of hydrogen-bond donors (Lipinski definition) is 1. The van der Waals surface area contributed by atoms with Crippen LogP contribution in [0, 0.1) is 6.92 Å². The molecule has 0 spiro atoms. The highest BCUT2D eigenvalue weighted by Gasteiger charge is 2.18. The largest absolute Gasteiger partial charge is 0.465 e. The number of aryl methyl sites for hydroxylation is 1. The fourth-order valence-electron chi connectivity index (χ4n) is 1.57. The summed E-state index contributed by atoms with van der Waals surface area (Å²) < 4.78 is 5.03. The molecule has 1 rings (SSSR count). The maximum absolute atomic E-state index is 11.7. The van der Waals surface area contributed by atoms with E-state index in [0.29, 0.717) is 13.2 Å². The van der Waals surface area contributed by atoms with E-state index in [4.69, 9.17) is 4.74 Å². The molecule has 0 amide bonds. The monoisotopic (exact) mass is 251 g/mol. The molecule has 0 aliphatic heterocycles. The van der Waals surface area contributed by atoms with E-state index in [2.05, 4.69) is 15.3 Å². The molecule has 0 bridgehead atoms. The fraction of sp³-hybridized carbons (Fsp3) is 0.615. The molecular formula is C13H21N3O2. The lowest BCUT2D eigenvalue weighted by atomic mass is 10.1. The van der Waals surface area contributed by atoms with Crippen LogP contribution in [0.4, 0.5) is 0 Å². The van der Waals surface area contributed by atoms with Crippen molar-refractivity contribution in [3.63, 3.8) is 0 Å². The van der Waals surface area contributed by atoms with Crippen molar-refractivity contribution in [2.24, 2.45) is 0 Å². The van der Waals surface area contributed by atoms with Gasteiger partial charge < -0.3 is 4.74 Å². The second kappa shape index (κ2) is 7.76. The Kier molecular flexibility index (Phi) is 6.28. The van der Waals surface area contributed by atoms with Crippen LogP contribution in [-0.2, 0) is 16.1 Å². The number of esters is 1. The van der Waals surface area contributed by atoms with E-state index in [-0.39, 0.29) is 12.0 Å². The lowest BCUT2D eigenvalue weighted by Crippen LogP contribution is -2.37. The summed E-state index contributed by atoms with van der Waals surface area (Å²) in [7, 11) is 0. The summed E-state index contributed by atoms with van der Waals surface area (Å²) in [6.45, 7) is 6.68. The number of ether oxygens (including phenoxy) is 1. The van der Waals surface area contributed by atoms with E-state index in [1.165, 1.54) is 0 Å². The first-order valence-corrected chi connectivity index (χ1v) is 6.34. The minimum Gasteiger partial charge on any atom is -0.465 e. The molecule has 0 aliphatic rings. The fourth-order valence-corrected chi connectivity index (χ4v) is 1.57. The van der Waals surface area contributed by atoms with Crippen LogP contribution in [0.25, 0.3) is 0 Å². The van der Waals surface area contributed by atoms with Gasteiger partial charge in [-0.3, -0.25) is 20.1 Å². The molecule has 0 fully saturated rings. The van der Waals surface area contributed by atoms with Crippen molar-refractivity contribution in [1.82, 2.24) is 15.3 Å². The summed E-state index contributed by atoms with van der Waals surface area (Å²) in [6.07, 6.45) is 5.13. The van der Waals surface area contributed by atoms with E-state index in [9.17, 15) is 4.79 Å². The van der Waals surface area contributed by atoms with Crippen LogP contribution in [0.15, 0.2) is 12.4 Å². The van der Waals surface area contributed by atoms with E-state index in [0.717, 1.165) is 24.2 Å². The number of carbonyl (C=O) groups is 1. The van der Waals surface area contributed by atoms with Crippen LogP contribution >= 0.6 is 0 Å².